The quantitative estimate of drug-likeness (QED) is 0.779. The number of hydrogen-bond donors (Lipinski definition) is 1. The third-order valence-corrected chi connectivity index (χ3v) is 3.68. The zero-order chi connectivity index (χ0) is 13.8. The van der Waals surface area contributed by atoms with Crippen molar-refractivity contribution in [3.05, 3.63) is 24.3 Å². The largest absolute Gasteiger partial charge is 0.392 e. The molecule has 1 saturated heterocycles. The van der Waals surface area contributed by atoms with E-state index in [0.29, 0.717) is 23.8 Å². The predicted octanol–water partition coefficient (Wildman–Crippen LogP) is -0.0910. The molecule has 2 N–H and O–H groups in total. The summed E-state index contributed by atoms with van der Waals surface area (Å²) in [6, 6.07) is 0.0729. The van der Waals surface area contributed by atoms with Crippen LogP contribution in [0.1, 0.15) is 17.4 Å². The van der Waals surface area contributed by atoms with Gasteiger partial charge in [0, 0.05) is 38.6 Å². The minimum atomic E-state index is -0.0734. The van der Waals surface area contributed by atoms with Crippen LogP contribution in [0.4, 0.5) is 0 Å². The molecule has 1 aliphatic heterocycles. The van der Waals surface area contributed by atoms with E-state index < -0.39 is 0 Å². The molecule has 6 nitrogen and oxygen atoms in total. The van der Waals surface area contributed by atoms with Crippen molar-refractivity contribution in [2.75, 3.05) is 26.2 Å². The zero-order valence-corrected chi connectivity index (χ0v) is 11.6. The molecular formula is C12H17N5OS. The maximum atomic E-state index is 12.2. The van der Waals surface area contributed by atoms with Crippen LogP contribution in [-0.2, 0) is 0 Å². The Morgan fingerprint density at radius 1 is 1.37 bits per heavy atom. The molecule has 0 aliphatic carbocycles. The summed E-state index contributed by atoms with van der Waals surface area (Å²) >= 11 is 4.99. The molecular weight excluding hydrogens is 262 g/mol. The number of thiocarbonyl (C=S) groups is 1. The maximum absolute atomic E-state index is 12.2. The molecule has 7 heteroatoms. The van der Waals surface area contributed by atoms with Gasteiger partial charge in [-0.05, 0) is 6.92 Å². The van der Waals surface area contributed by atoms with Crippen LogP contribution < -0.4 is 5.73 Å². The van der Waals surface area contributed by atoms with Crippen molar-refractivity contribution >= 4 is 23.1 Å². The van der Waals surface area contributed by atoms with E-state index >= 15 is 0 Å². The van der Waals surface area contributed by atoms with Gasteiger partial charge in [-0.3, -0.25) is 14.7 Å². The summed E-state index contributed by atoms with van der Waals surface area (Å²) in [6.07, 6.45) is 4.57. The van der Waals surface area contributed by atoms with E-state index in [9.17, 15) is 4.79 Å². The van der Waals surface area contributed by atoms with Crippen molar-refractivity contribution in [1.82, 2.24) is 19.8 Å². The van der Waals surface area contributed by atoms with Crippen LogP contribution in [-0.4, -0.2) is 62.9 Å². The summed E-state index contributed by atoms with van der Waals surface area (Å²) in [5.74, 6) is -0.0734. The summed E-state index contributed by atoms with van der Waals surface area (Å²) in [5.41, 5.74) is 6.03. The standard InChI is InChI=1S/C12H17N5OS/c1-9(11(13)19)16-4-6-17(7-5-16)12(18)10-8-14-2-3-15-10/h2-3,8-9H,4-7H2,1H3,(H2,13,19). The Balaban J connectivity index is 1.93. The molecule has 0 saturated carbocycles. The summed E-state index contributed by atoms with van der Waals surface area (Å²) in [7, 11) is 0. The molecule has 1 atom stereocenters. The Bertz CT molecular complexity index is 458. The summed E-state index contributed by atoms with van der Waals surface area (Å²) in [5, 5.41) is 0. The van der Waals surface area contributed by atoms with Crippen LogP contribution in [0.5, 0.6) is 0 Å². The molecule has 1 fully saturated rings. The maximum Gasteiger partial charge on any atom is 0.274 e. The molecule has 1 aromatic heterocycles. The molecule has 1 aliphatic rings. The lowest BCUT2D eigenvalue weighted by atomic mass is 10.2. The minimum Gasteiger partial charge on any atom is -0.392 e. The first-order valence-electron chi connectivity index (χ1n) is 6.18. The van der Waals surface area contributed by atoms with Crippen molar-refractivity contribution in [2.45, 2.75) is 13.0 Å². The number of hydrogen-bond acceptors (Lipinski definition) is 5. The second-order valence-electron chi connectivity index (χ2n) is 4.50. The molecule has 19 heavy (non-hydrogen) atoms. The lowest BCUT2D eigenvalue weighted by Crippen LogP contribution is -2.54. The van der Waals surface area contributed by atoms with Crippen molar-refractivity contribution < 1.29 is 4.79 Å². The number of piperazine rings is 1. The third kappa shape index (κ3) is 3.24. The average molecular weight is 279 g/mol. The monoisotopic (exact) mass is 279 g/mol. The molecule has 102 valence electrons. The Kier molecular flexibility index (Phi) is 4.39. The van der Waals surface area contributed by atoms with E-state index in [1.165, 1.54) is 12.4 Å². The van der Waals surface area contributed by atoms with Crippen LogP contribution in [0.2, 0.25) is 0 Å². The first-order valence-corrected chi connectivity index (χ1v) is 6.59. The molecule has 0 aromatic carbocycles. The van der Waals surface area contributed by atoms with E-state index in [-0.39, 0.29) is 11.9 Å². The van der Waals surface area contributed by atoms with Gasteiger partial charge in [-0.15, -0.1) is 0 Å². The lowest BCUT2D eigenvalue weighted by Gasteiger charge is -2.37. The minimum absolute atomic E-state index is 0.0729. The van der Waals surface area contributed by atoms with Crippen molar-refractivity contribution in [3.8, 4) is 0 Å². The van der Waals surface area contributed by atoms with Crippen LogP contribution in [0.15, 0.2) is 18.6 Å². The van der Waals surface area contributed by atoms with Gasteiger partial charge in [-0.1, -0.05) is 12.2 Å². The number of carbonyl (C=O) groups excluding carboxylic acids is 1. The molecule has 0 radical (unpaired) electrons. The number of amides is 1. The lowest BCUT2D eigenvalue weighted by molar-refractivity contribution is 0.0615. The Morgan fingerprint density at radius 2 is 2.05 bits per heavy atom. The van der Waals surface area contributed by atoms with Gasteiger partial charge in [0.1, 0.15) is 5.69 Å². The van der Waals surface area contributed by atoms with Crippen molar-refractivity contribution in [2.24, 2.45) is 5.73 Å². The number of nitrogens with two attached hydrogens (primary N) is 1. The highest BCUT2D eigenvalue weighted by molar-refractivity contribution is 7.80. The van der Waals surface area contributed by atoms with E-state index in [4.69, 9.17) is 18.0 Å². The summed E-state index contributed by atoms with van der Waals surface area (Å²) in [6.45, 7) is 4.84. The fraction of sp³-hybridized carbons (Fsp3) is 0.500. The first-order chi connectivity index (χ1) is 9.09. The van der Waals surface area contributed by atoms with Gasteiger partial charge in [0.2, 0.25) is 0 Å². The summed E-state index contributed by atoms with van der Waals surface area (Å²) < 4.78 is 0. The molecule has 1 unspecified atom stereocenters. The van der Waals surface area contributed by atoms with Crippen molar-refractivity contribution in [3.63, 3.8) is 0 Å². The molecule has 2 rings (SSSR count). The SMILES string of the molecule is CC(C(N)=S)N1CCN(C(=O)c2cnccn2)CC1. The fourth-order valence-electron chi connectivity index (χ4n) is 2.06. The second-order valence-corrected chi connectivity index (χ2v) is 4.97. The van der Waals surface area contributed by atoms with E-state index in [0.717, 1.165) is 13.1 Å². The predicted molar refractivity (Wildman–Crippen MR) is 75.8 cm³/mol. The van der Waals surface area contributed by atoms with Crippen LogP contribution in [0, 0.1) is 0 Å². The topological polar surface area (TPSA) is 75.3 Å². The second kappa shape index (κ2) is 6.03. The van der Waals surface area contributed by atoms with Gasteiger partial charge >= 0.3 is 0 Å². The molecule has 0 spiro atoms. The van der Waals surface area contributed by atoms with E-state index in [2.05, 4.69) is 14.9 Å². The van der Waals surface area contributed by atoms with Gasteiger partial charge in [0.05, 0.1) is 17.2 Å². The number of rotatable bonds is 3. The third-order valence-electron chi connectivity index (χ3n) is 3.34. The van der Waals surface area contributed by atoms with Gasteiger partial charge in [0.25, 0.3) is 5.91 Å². The molecule has 0 bridgehead atoms. The smallest absolute Gasteiger partial charge is 0.274 e. The highest BCUT2D eigenvalue weighted by Crippen LogP contribution is 2.09. The Hall–Kier alpha value is -1.60. The number of aromatic nitrogens is 2. The van der Waals surface area contributed by atoms with Crippen molar-refractivity contribution in [1.29, 1.82) is 0 Å². The molecule has 2 heterocycles. The van der Waals surface area contributed by atoms with Gasteiger partial charge in [-0.2, -0.15) is 0 Å². The highest BCUT2D eigenvalue weighted by Gasteiger charge is 2.26. The normalized spacial score (nSPS) is 18.1. The average Bonchev–Trinajstić information content (AvgIpc) is 2.46. The van der Waals surface area contributed by atoms with E-state index in [1.54, 1.807) is 11.1 Å². The fourth-order valence-corrected chi connectivity index (χ4v) is 2.21. The Labute approximate surface area is 117 Å². The zero-order valence-electron chi connectivity index (χ0n) is 10.8. The summed E-state index contributed by atoms with van der Waals surface area (Å²) in [4.78, 5) is 24.6. The van der Waals surface area contributed by atoms with Crippen LogP contribution >= 0.6 is 12.2 Å². The first kappa shape index (κ1) is 13.8. The highest BCUT2D eigenvalue weighted by atomic mass is 32.1. The van der Waals surface area contributed by atoms with E-state index in [1.807, 2.05) is 6.92 Å². The van der Waals surface area contributed by atoms with Gasteiger partial charge in [-0.25, -0.2) is 4.98 Å². The van der Waals surface area contributed by atoms with Gasteiger partial charge < -0.3 is 10.6 Å². The number of carbonyl (C=O) groups is 1. The van der Waals surface area contributed by atoms with Crippen LogP contribution in [0.25, 0.3) is 0 Å². The van der Waals surface area contributed by atoms with Crippen LogP contribution in [0.3, 0.4) is 0 Å². The number of nitrogens with zero attached hydrogens (tertiary/aromatic N) is 4. The molecule has 1 amide bonds. The molecule has 1 aromatic rings. The van der Waals surface area contributed by atoms with Gasteiger partial charge in [0.15, 0.2) is 0 Å². The Morgan fingerprint density at radius 3 is 2.58 bits per heavy atom.